The Morgan fingerprint density at radius 3 is 2.40 bits per heavy atom. The first-order valence-electron chi connectivity index (χ1n) is 8.43. The highest BCUT2D eigenvalue weighted by molar-refractivity contribution is 7.90. The van der Waals surface area contributed by atoms with Gasteiger partial charge in [-0.1, -0.05) is 37.3 Å². The first kappa shape index (κ1) is 21.9. The van der Waals surface area contributed by atoms with Crippen LogP contribution in [0.2, 0.25) is 0 Å². The van der Waals surface area contributed by atoms with Crippen LogP contribution in [0.25, 0.3) is 0 Å². The molecular weight excluding hydrogens is 362 g/mol. The number of benzene rings is 1. The molecule has 6 nitrogen and oxygen atoms in total. The predicted octanol–water partition coefficient (Wildman–Crippen LogP) is 1.72. The Morgan fingerprint density at radius 1 is 1.20 bits per heavy atom. The smallest absolute Gasteiger partial charge is 0.236 e. The summed E-state index contributed by atoms with van der Waals surface area (Å²) in [6.07, 6.45) is 3.71. The normalized spacial score (nSPS) is 21.8. The third-order valence-corrected chi connectivity index (χ3v) is 5.76. The van der Waals surface area contributed by atoms with E-state index in [-0.39, 0.29) is 31.0 Å². The van der Waals surface area contributed by atoms with E-state index in [9.17, 15) is 13.2 Å². The average molecular weight is 390 g/mol. The number of sulfonamides is 1. The van der Waals surface area contributed by atoms with Crippen LogP contribution in [0.3, 0.4) is 0 Å². The van der Waals surface area contributed by atoms with Crippen LogP contribution < -0.4 is 15.8 Å². The van der Waals surface area contributed by atoms with Gasteiger partial charge in [0.2, 0.25) is 15.9 Å². The first-order chi connectivity index (χ1) is 11.4. The van der Waals surface area contributed by atoms with Gasteiger partial charge in [0.15, 0.2) is 0 Å². The third-order valence-electron chi connectivity index (χ3n) is 4.43. The molecule has 0 aliphatic heterocycles. The molecule has 8 heteroatoms. The molecule has 2 rings (SSSR count). The minimum Gasteiger partial charge on any atom is -0.353 e. The summed E-state index contributed by atoms with van der Waals surface area (Å²) in [6.45, 7) is 2.38. The second kappa shape index (κ2) is 10.1. The zero-order valence-corrected chi connectivity index (χ0v) is 16.1. The van der Waals surface area contributed by atoms with Gasteiger partial charge in [-0.05, 0) is 37.2 Å². The third kappa shape index (κ3) is 7.73. The fourth-order valence-electron chi connectivity index (χ4n) is 2.94. The summed E-state index contributed by atoms with van der Waals surface area (Å²) in [5.41, 5.74) is 6.89. The Balaban J connectivity index is 0.00000312. The maximum absolute atomic E-state index is 12.1. The summed E-state index contributed by atoms with van der Waals surface area (Å²) in [4.78, 5) is 11.9. The summed E-state index contributed by atoms with van der Waals surface area (Å²) in [6, 6.07) is 8.97. The topological polar surface area (TPSA) is 101 Å². The summed E-state index contributed by atoms with van der Waals surface area (Å²) in [7, 11) is -3.61. The van der Waals surface area contributed by atoms with E-state index in [0.717, 1.165) is 31.2 Å². The van der Waals surface area contributed by atoms with Crippen LogP contribution in [-0.4, -0.2) is 32.7 Å². The molecule has 0 heterocycles. The molecule has 1 saturated carbocycles. The Bertz CT molecular complexity index is 632. The number of hydrogen-bond donors (Lipinski definition) is 3. The van der Waals surface area contributed by atoms with Gasteiger partial charge in [-0.2, -0.15) is 0 Å². The van der Waals surface area contributed by atoms with Crippen LogP contribution in [0.1, 0.15) is 44.2 Å². The lowest BCUT2D eigenvalue weighted by Gasteiger charge is -2.26. The van der Waals surface area contributed by atoms with E-state index in [4.69, 9.17) is 5.73 Å². The Hall–Kier alpha value is -1.15. The maximum atomic E-state index is 12.1. The highest BCUT2D eigenvalue weighted by atomic mass is 35.5. The Kier molecular flexibility index (Phi) is 8.85. The van der Waals surface area contributed by atoms with E-state index in [2.05, 4.69) is 17.0 Å². The minimum absolute atomic E-state index is 0. The van der Waals surface area contributed by atoms with E-state index in [0.29, 0.717) is 5.92 Å². The highest BCUT2D eigenvalue weighted by Gasteiger charge is 2.24. The molecule has 0 radical (unpaired) electrons. The largest absolute Gasteiger partial charge is 0.353 e. The molecule has 1 aromatic carbocycles. The van der Waals surface area contributed by atoms with Crippen molar-refractivity contribution < 1.29 is 13.2 Å². The van der Waals surface area contributed by atoms with Crippen LogP contribution in [0, 0.1) is 5.92 Å². The molecule has 1 aliphatic carbocycles. The summed E-state index contributed by atoms with van der Waals surface area (Å²) in [5.74, 6) is -0.438. The number of halogens is 1. The van der Waals surface area contributed by atoms with Gasteiger partial charge in [0.25, 0.3) is 0 Å². The number of carbonyl (C=O) groups excluding carboxylic acids is 1. The molecule has 4 N–H and O–H groups in total. The molecule has 1 aromatic rings. The van der Waals surface area contributed by atoms with Crippen molar-refractivity contribution in [3.63, 3.8) is 0 Å². The van der Waals surface area contributed by atoms with Gasteiger partial charge in [-0.3, -0.25) is 4.79 Å². The van der Waals surface area contributed by atoms with Gasteiger partial charge in [-0.25, -0.2) is 13.1 Å². The summed E-state index contributed by atoms with van der Waals surface area (Å²) >= 11 is 0. The van der Waals surface area contributed by atoms with Crippen LogP contribution >= 0.6 is 12.4 Å². The average Bonchev–Trinajstić information content (AvgIpc) is 2.55. The van der Waals surface area contributed by atoms with E-state index in [1.54, 1.807) is 0 Å². The lowest BCUT2D eigenvalue weighted by atomic mass is 9.88. The second-order valence-electron chi connectivity index (χ2n) is 6.65. The predicted molar refractivity (Wildman–Crippen MR) is 102 cm³/mol. The van der Waals surface area contributed by atoms with Crippen molar-refractivity contribution in [3.05, 3.63) is 35.9 Å². The quantitative estimate of drug-likeness (QED) is 0.660. The zero-order chi connectivity index (χ0) is 17.6. The van der Waals surface area contributed by atoms with Crippen LogP contribution in [-0.2, 0) is 14.8 Å². The van der Waals surface area contributed by atoms with Crippen molar-refractivity contribution in [3.8, 4) is 0 Å². The molecule has 1 atom stereocenters. The molecule has 142 valence electrons. The van der Waals surface area contributed by atoms with Gasteiger partial charge in [-0.15, -0.1) is 12.4 Å². The molecule has 0 aromatic heterocycles. The van der Waals surface area contributed by atoms with Gasteiger partial charge >= 0.3 is 0 Å². The van der Waals surface area contributed by atoms with Crippen molar-refractivity contribution in [1.82, 2.24) is 10.0 Å². The van der Waals surface area contributed by atoms with Gasteiger partial charge in [0.1, 0.15) is 5.75 Å². The second-order valence-corrected chi connectivity index (χ2v) is 8.41. The molecule has 25 heavy (non-hydrogen) atoms. The first-order valence-corrected chi connectivity index (χ1v) is 10.1. The molecule has 0 spiro atoms. The monoisotopic (exact) mass is 389 g/mol. The fraction of sp³-hybridized carbons (Fsp3) is 0.588. The van der Waals surface area contributed by atoms with E-state index >= 15 is 0 Å². The van der Waals surface area contributed by atoms with Crippen LogP contribution in [0.15, 0.2) is 30.3 Å². The Labute approximate surface area is 156 Å². The highest BCUT2D eigenvalue weighted by Crippen LogP contribution is 2.23. The number of carbonyl (C=O) groups is 1. The Morgan fingerprint density at radius 2 is 1.80 bits per heavy atom. The van der Waals surface area contributed by atoms with Crippen molar-refractivity contribution in [2.75, 3.05) is 12.3 Å². The molecule has 1 aliphatic rings. The SMILES string of the molecule is CC1CCC(NS(=O)(=O)CC(=O)NCC(N)c2ccccc2)CC1.Cl. The fourth-order valence-corrected chi connectivity index (χ4v) is 4.21. The number of nitrogens with two attached hydrogens (primary N) is 1. The van der Waals surface area contributed by atoms with Crippen molar-refractivity contribution in [2.45, 2.75) is 44.7 Å². The van der Waals surface area contributed by atoms with Crippen molar-refractivity contribution >= 4 is 28.3 Å². The molecular formula is C17H28ClN3O3S. The maximum Gasteiger partial charge on any atom is 0.236 e. The van der Waals surface area contributed by atoms with Gasteiger partial charge < -0.3 is 11.1 Å². The number of rotatable bonds is 7. The molecule has 1 amide bonds. The standard InChI is InChI=1S/C17H27N3O3S.ClH/c1-13-7-9-15(10-8-13)20-24(22,23)12-17(21)19-11-16(18)14-5-3-2-4-6-14;/h2-6,13,15-16,20H,7-12,18H2,1H3,(H,19,21);1H. The lowest BCUT2D eigenvalue weighted by Crippen LogP contribution is -2.43. The summed E-state index contributed by atoms with van der Waals surface area (Å²) < 4.78 is 26.9. The van der Waals surface area contributed by atoms with Gasteiger partial charge in [0.05, 0.1) is 0 Å². The van der Waals surface area contributed by atoms with E-state index in [1.807, 2.05) is 30.3 Å². The number of amides is 1. The van der Waals surface area contributed by atoms with Crippen LogP contribution in [0.5, 0.6) is 0 Å². The van der Waals surface area contributed by atoms with E-state index < -0.39 is 21.7 Å². The van der Waals surface area contributed by atoms with Crippen molar-refractivity contribution in [1.29, 1.82) is 0 Å². The number of hydrogen-bond acceptors (Lipinski definition) is 4. The molecule has 1 fully saturated rings. The molecule has 0 bridgehead atoms. The van der Waals surface area contributed by atoms with Crippen LogP contribution in [0.4, 0.5) is 0 Å². The summed E-state index contributed by atoms with van der Waals surface area (Å²) in [5, 5.41) is 2.60. The molecule has 0 saturated heterocycles. The lowest BCUT2D eigenvalue weighted by molar-refractivity contribution is -0.118. The molecule has 1 unspecified atom stereocenters. The minimum atomic E-state index is -3.61. The number of nitrogens with one attached hydrogen (secondary N) is 2. The van der Waals surface area contributed by atoms with Gasteiger partial charge in [0, 0.05) is 18.6 Å². The zero-order valence-electron chi connectivity index (χ0n) is 14.5. The van der Waals surface area contributed by atoms with E-state index in [1.165, 1.54) is 0 Å². The van der Waals surface area contributed by atoms with Crippen molar-refractivity contribution in [2.24, 2.45) is 11.7 Å².